The van der Waals surface area contributed by atoms with Gasteiger partial charge < -0.3 is 9.73 Å². The highest BCUT2D eigenvalue weighted by atomic mass is 16.4. The highest BCUT2D eigenvalue weighted by molar-refractivity contribution is 5.56. The van der Waals surface area contributed by atoms with Crippen molar-refractivity contribution in [1.29, 1.82) is 0 Å². The van der Waals surface area contributed by atoms with Crippen molar-refractivity contribution in [3.63, 3.8) is 0 Å². The first-order valence-electron chi connectivity index (χ1n) is 8.04. The summed E-state index contributed by atoms with van der Waals surface area (Å²) in [5, 5.41) is 3.48. The van der Waals surface area contributed by atoms with E-state index in [9.17, 15) is 0 Å². The quantitative estimate of drug-likeness (QED) is 0.907. The Labute approximate surface area is 132 Å². The number of aryl methyl sites for hydroxylation is 1. The second-order valence-corrected chi connectivity index (χ2v) is 6.55. The number of oxazole rings is 1. The maximum Gasteiger partial charge on any atom is 0.213 e. The molecule has 1 atom stereocenters. The molecule has 3 rings (SSSR count). The summed E-state index contributed by atoms with van der Waals surface area (Å²) in [6.45, 7) is 11.5. The van der Waals surface area contributed by atoms with Crippen LogP contribution in [0.5, 0.6) is 0 Å². The predicted octanol–water partition coefficient (Wildman–Crippen LogP) is 3.96. The summed E-state index contributed by atoms with van der Waals surface area (Å²) in [6, 6.07) is 7.11. The lowest BCUT2D eigenvalue weighted by atomic mass is 10.1. The molecule has 2 heterocycles. The number of hydrogen-bond acceptors (Lipinski definition) is 4. The Morgan fingerprint density at radius 3 is 2.77 bits per heavy atom. The molecule has 0 bridgehead atoms. The Hall–Kier alpha value is -1.81. The van der Waals surface area contributed by atoms with Crippen LogP contribution in [0, 0.1) is 12.8 Å². The SMILES string of the molecule is Cc1cnc(CNc2cccc3c2CN([C@H](C)C(C)C)C3)o1. The smallest absolute Gasteiger partial charge is 0.213 e. The molecular formula is C18H25N3O. The summed E-state index contributed by atoms with van der Waals surface area (Å²) < 4.78 is 5.53. The van der Waals surface area contributed by atoms with Crippen molar-refractivity contribution in [3.8, 4) is 0 Å². The first kappa shape index (κ1) is 15.1. The van der Waals surface area contributed by atoms with Crippen molar-refractivity contribution in [2.75, 3.05) is 5.32 Å². The normalized spacial score (nSPS) is 16.0. The van der Waals surface area contributed by atoms with Crippen LogP contribution in [0.15, 0.2) is 28.8 Å². The Morgan fingerprint density at radius 1 is 1.27 bits per heavy atom. The van der Waals surface area contributed by atoms with Crippen LogP contribution >= 0.6 is 0 Å². The summed E-state index contributed by atoms with van der Waals surface area (Å²) >= 11 is 0. The highest BCUT2D eigenvalue weighted by Gasteiger charge is 2.26. The molecular weight excluding hydrogens is 274 g/mol. The van der Waals surface area contributed by atoms with Crippen molar-refractivity contribution >= 4 is 5.69 Å². The van der Waals surface area contributed by atoms with Crippen LogP contribution in [-0.2, 0) is 19.6 Å². The van der Waals surface area contributed by atoms with E-state index in [2.05, 4.69) is 54.2 Å². The van der Waals surface area contributed by atoms with Crippen LogP contribution in [-0.4, -0.2) is 15.9 Å². The van der Waals surface area contributed by atoms with E-state index in [1.54, 1.807) is 6.20 Å². The second kappa shape index (κ2) is 6.13. The number of fused-ring (bicyclic) bond motifs is 1. The third-order valence-electron chi connectivity index (χ3n) is 4.65. The van der Waals surface area contributed by atoms with E-state index in [1.165, 1.54) is 16.8 Å². The van der Waals surface area contributed by atoms with Gasteiger partial charge in [-0.3, -0.25) is 4.90 Å². The minimum absolute atomic E-state index is 0.592. The lowest BCUT2D eigenvalue weighted by Crippen LogP contribution is -2.32. The van der Waals surface area contributed by atoms with E-state index in [0.717, 1.165) is 24.7 Å². The molecule has 0 radical (unpaired) electrons. The molecule has 0 saturated carbocycles. The third-order valence-corrected chi connectivity index (χ3v) is 4.65. The van der Waals surface area contributed by atoms with Crippen molar-refractivity contribution in [2.45, 2.75) is 53.4 Å². The molecule has 1 aliphatic heterocycles. The minimum atomic E-state index is 0.592. The molecule has 1 aromatic carbocycles. The average Bonchev–Trinajstić information content (AvgIpc) is 3.10. The van der Waals surface area contributed by atoms with Gasteiger partial charge in [-0.15, -0.1) is 0 Å². The number of rotatable bonds is 5. The highest BCUT2D eigenvalue weighted by Crippen LogP contribution is 2.32. The topological polar surface area (TPSA) is 41.3 Å². The number of nitrogens with zero attached hydrogens (tertiary/aromatic N) is 2. The summed E-state index contributed by atoms with van der Waals surface area (Å²) in [4.78, 5) is 6.80. The summed E-state index contributed by atoms with van der Waals surface area (Å²) in [5.74, 6) is 2.26. The van der Waals surface area contributed by atoms with E-state index in [4.69, 9.17) is 4.42 Å². The van der Waals surface area contributed by atoms with Crippen LogP contribution in [0.2, 0.25) is 0 Å². The largest absolute Gasteiger partial charge is 0.444 e. The average molecular weight is 299 g/mol. The molecule has 22 heavy (non-hydrogen) atoms. The number of anilines is 1. The molecule has 0 amide bonds. The molecule has 1 N–H and O–H groups in total. The van der Waals surface area contributed by atoms with E-state index in [0.29, 0.717) is 18.5 Å². The zero-order chi connectivity index (χ0) is 15.7. The Bertz CT molecular complexity index is 648. The number of hydrogen-bond donors (Lipinski definition) is 1. The van der Waals surface area contributed by atoms with Gasteiger partial charge >= 0.3 is 0 Å². The van der Waals surface area contributed by atoms with Crippen LogP contribution in [0.3, 0.4) is 0 Å². The van der Waals surface area contributed by atoms with Gasteiger partial charge in [-0.2, -0.15) is 0 Å². The molecule has 0 fully saturated rings. The fraction of sp³-hybridized carbons (Fsp3) is 0.500. The molecule has 0 saturated heterocycles. The summed E-state index contributed by atoms with van der Waals surface area (Å²) in [6.07, 6.45) is 1.76. The van der Waals surface area contributed by atoms with Gasteiger partial charge in [0, 0.05) is 24.8 Å². The Morgan fingerprint density at radius 2 is 2.09 bits per heavy atom. The lowest BCUT2D eigenvalue weighted by molar-refractivity contribution is 0.170. The zero-order valence-electron chi connectivity index (χ0n) is 13.9. The number of aromatic nitrogens is 1. The van der Waals surface area contributed by atoms with Crippen LogP contribution in [0.4, 0.5) is 5.69 Å². The molecule has 2 aromatic rings. The first-order chi connectivity index (χ1) is 10.5. The molecule has 4 heteroatoms. The molecule has 1 aliphatic rings. The minimum Gasteiger partial charge on any atom is -0.444 e. The summed E-state index contributed by atoms with van der Waals surface area (Å²) in [7, 11) is 0. The molecule has 0 aliphatic carbocycles. The molecule has 1 aromatic heterocycles. The predicted molar refractivity (Wildman–Crippen MR) is 88.6 cm³/mol. The van der Waals surface area contributed by atoms with Crippen molar-refractivity contribution in [2.24, 2.45) is 5.92 Å². The van der Waals surface area contributed by atoms with Crippen LogP contribution in [0.25, 0.3) is 0 Å². The fourth-order valence-electron chi connectivity index (χ4n) is 2.98. The Balaban J connectivity index is 1.72. The van der Waals surface area contributed by atoms with E-state index < -0.39 is 0 Å². The molecule has 0 spiro atoms. The van der Waals surface area contributed by atoms with Gasteiger partial charge in [0.2, 0.25) is 5.89 Å². The van der Waals surface area contributed by atoms with Gasteiger partial charge in [-0.25, -0.2) is 4.98 Å². The van der Waals surface area contributed by atoms with Crippen molar-refractivity contribution in [1.82, 2.24) is 9.88 Å². The zero-order valence-corrected chi connectivity index (χ0v) is 13.9. The third kappa shape index (κ3) is 3.02. The molecule has 4 nitrogen and oxygen atoms in total. The molecule has 0 unspecified atom stereocenters. The van der Waals surface area contributed by atoms with Crippen molar-refractivity contribution in [3.05, 3.63) is 47.2 Å². The number of benzene rings is 1. The van der Waals surface area contributed by atoms with E-state index in [-0.39, 0.29) is 0 Å². The number of nitrogens with one attached hydrogen (secondary N) is 1. The van der Waals surface area contributed by atoms with E-state index in [1.807, 2.05) is 6.92 Å². The van der Waals surface area contributed by atoms with Gasteiger partial charge in [0.15, 0.2) is 0 Å². The van der Waals surface area contributed by atoms with Crippen molar-refractivity contribution < 1.29 is 4.42 Å². The lowest BCUT2D eigenvalue weighted by Gasteiger charge is -2.27. The first-order valence-corrected chi connectivity index (χ1v) is 8.04. The molecule has 118 valence electrons. The summed E-state index contributed by atoms with van der Waals surface area (Å²) in [5.41, 5.74) is 4.05. The van der Waals surface area contributed by atoms with Crippen LogP contribution in [0.1, 0.15) is 43.5 Å². The van der Waals surface area contributed by atoms with Gasteiger partial charge in [0.05, 0.1) is 12.7 Å². The standard InChI is InChI=1S/C18H25N3O/c1-12(2)14(4)21-10-15-6-5-7-17(16(15)11-21)19-9-18-20-8-13(3)22-18/h5-8,12,14,19H,9-11H2,1-4H3/t14-/m1/s1. The maximum absolute atomic E-state index is 5.53. The maximum atomic E-state index is 5.53. The Kier molecular flexibility index (Phi) is 4.21. The van der Waals surface area contributed by atoms with Gasteiger partial charge in [0.25, 0.3) is 0 Å². The van der Waals surface area contributed by atoms with Gasteiger partial charge in [-0.05, 0) is 37.0 Å². The fourth-order valence-corrected chi connectivity index (χ4v) is 2.98. The van der Waals surface area contributed by atoms with Gasteiger partial charge in [0.1, 0.15) is 5.76 Å². The second-order valence-electron chi connectivity index (χ2n) is 6.55. The van der Waals surface area contributed by atoms with E-state index >= 15 is 0 Å². The van der Waals surface area contributed by atoms with Crippen LogP contribution < -0.4 is 5.32 Å². The van der Waals surface area contributed by atoms with Gasteiger partial charge in [-0.1, -0.05) is 26.0 Å². The monoisotopic (exact) mass is 299 g/mol.